The van der Waals surface area contributed by atoms with Crippen molar-refractivity contribution in [1.29, 1.82) is 0 Å². The molecule has 1 aliphatic rings. The zero-order valence-corrected chi connectivity index (χ0v) is 19.5. The van der Waals surface area contributed by atoms with Crippen LogP contribution in [0.25, 0.3) is 0 Å². The Morgan fingerprint density at radius 3 is 2.68 bits per heavy atom. The lowest BCUT2D eigenvalue weighted by Gasteiger charge is -2.20. The highest BCUT2D eigenvalue weighted by Gasteiger charge is 2.27. The summed E-state index contributed by atoms with van der Waals surface area (Å²) in [5.41, 5.74) is 3.69. The number of benzene rings is 1. The molecule has 0 saturated heterocycles. The number of carbonyl (C=O) groups is 2. The van der Waals surface area contributed by atoms with Gasteiger partial charge in [-0.2, -0.15) is 0 Å². The molecule has 178 valence electrons. The second-order valence-electron chi connectivity index (χ2n) is 8.30. The van der Waals surface area contributed by atoms with E-state index in [0.29, 0.717) is 43.1 Å². The van der Waals surface area contributed by atoms with Gasteiger partial charge in [0.15, 0.2) is 0 Å². The van der Waals surface area contributed by atoms with Crippen molar-refractivity contribution in [3.63, 3.8) is 0 Å². The lowest BCUT2D eigenvalue weighted by Crippen LogP contribution is -2.35. The number of methoxy groups -OCH3 is 1. The van der Waals surface area contributed by atoms with Crippen LogP contribution in [-0.2, 0) is 30.7 Å². The minimum Gasteiger partial charge on any atom is -0.496 e. The lowest BCUT2D eigenvalue weighted by atomic mass is 10.1. The van der Waals surface area contributed by atoms with Crippen molar-refractivity contribution in [2.45, 2.75) is 39.8 Å². The minimum atomic E-state index is -0.400. The summed E-state index contributed by atoms with van der Waals surface area (Å²) in [6.07, 6.45) is 0.633. The maximum absolute atomic E-state index is 13.1. The van der Waals surface area contributed by atoms with Crippen LogP contribution in [0.1, 0.15) is 38.6 Å². The first-order valence-electron chi connectivity index (χ1n) is 11.1. The van der Waals surface area contributed by atoms with Crippen LogP contribution in [0.5, 0.6) is 5.75 Å². The molecule has 0 atom stereocenters. The predicted octanol–water partition coefficient (Wildman–Crippen LogP) is 1.41. The Morgan fingerprint density at radius 2 is 1.97 bits per heavy atom. The molecule has 4 rings (SSSR count). The van der Waals surface area contributed by atoms with Gasteiger partial charge in [0, 0.05) is 37.8 Å². The van der Waals surface area contributed by atoms with Crippen LogP contribution >= 0.6 is 0 Å². The van der Waals surface area contributed by atoms with Crippen LogP contribution in [0.4, 0.5) is 0 Å². The van der Waals surface area contributed by atoms with Crippen molar-refractivity contribution in [3.8, 4) is 5.75 Å². The molecule has 0 aliphatic carbocycles. The van der Waals surface area contributed by atoms with Gasteiger partial charge in [0.2, 0.25) is 5.91 Å². The van der Waals surface area contributed by atoms with Gasteiger partial charge in [-0.1, -0.05) is 40.1 Å². The normalized spacial score (nSPS) is 13.2. The number of ether oxygens (including phenoxy) is 1. The largest absolute Gasteiger partial charge is 0.496 e. The average Bonchev–Trinajstić information content (AvgIpc) is 3.08. The van der Waals surface area contributed by atoms with Crippen LogP contribution in [0, 0.1) is 13.8 Å². The second kappa shape index (κ2) is 9.90. The smallest absolute Gasteiger partial charge is 0.257 e. The van der Waals surface area contributed by atoms with E-state index in [1.54, 1.807) is 16.4 Å². The van der Waals surface area contributed by atoms with Crippen molar-refractivity contribution in [2.75, 3.05) is 20.2 Å². The van der Waals surface area contributed by atoms with Crippen LogP contribution in [-0.4, -0.2) is 51.8 Å². The van der Waals surface area contributed by atoms with Crippen molar-refractivity contribution >= 4 is 11.8 Å². The van der Waals surface area contributed by atoms with E-state index in [-0.39, 0.29) is 35.7 Å². The zero-order chi connectivity index (χ0) is 24.2. The number of pyridine rings is 1. The first-order valence-corrected chi connectivity index (χ1v) is 11.1. The molecule has 2 aromatic heterocycles. The molecule has 10 heteroatoms. The fourth-order valence-electron chi connectivity index (χ4n) is 4.18. The molecule has 0 saturated carbocycles. The van der Waals surface area contributed by atoms with Gasteiger partial charge in [-0.25, -0.2) is 4.63 Å². The summed E-state index contributed by atoms with van der Waals surface area (Å²) >= 11 is 0. The third-order valence-electron chi connectivity index (χ3n) is 5.99. The molecule has 0 unspecified atom stereocenters. The molecule has 3 heterocycles. The summed E-state index contributed by atoms with van der Waals surface area (Å²) in [6.45, 7) is 4.91. The van der Waals surface area contributed by atoms with Gasteiger partial charge in [0.1, 0.15) is 22.7 Å². The number of nitrogens with one attached hydrogen (secondary N) is 1. The maximum atomic E-state index is 13.1. The van der Waals surface area contributed by atoms with E-state index in [1.165, 1.54) is 13.2 Å². The average molecular weight is 466 g/mol. The van der Waals surface area contributed by atoms with E-state index < -0.39 is 5.91 Å². The number of hydrogen-bond acceptors (Lipinski definition) is 7. The molecule has 0 bridgehead atoms. The topological polar surface area (TPSA) is 120 Å². The Hall–Kier alpha value is -3.95. The van der Waals surface area contributed by atoms with Gasteiger partial charge in [-0.05, 0) is 19.4 Å². The Kier molecular flexibility index (Phi) is 6.76. The van der Waals surface area contributed by atoms with E-state index in [2.05, 4.69) is 20.3 Å². The van der Waals surface area contributed by atoms with Crippen molar-refractivity contribution in [2.24, 2.45) is 0 Å². The van der Waals surface area contributed by atoms with E-state index >= 15 is 0 Å². The van der Waals surface area contributed by atoms with Gasteiger partial charge in [-0.3, -0.25) is 14.4 Å². The summed E-state index contributed by atoms with van der Waals surface area (Å²) in [5.74, 6) is -0.218. The molecule has 1 aromatic carbocycles. The first kappa shape index (κ1) is 23.2. The predicted molar refractivity (Wildman–Crippen MR) is 123 cm³/mol. The summed E-state index contributed by atoms with van der Waals surface area (Å²) in [5, 5.41) is 10.3. The van der Waals surface area contributed by atoms with Crippen molar-refractivity contribution in [3.05, 3.63) is 74.5 Å². The summed E-state index contributed by atoms with van der Waals surface area (Å²) in [6, 6.07) is 9.16. The van der Waals surface area contributed by atoms with Crippen LogP contribution in [0.15, 0.2) is 39.8 Å². The van der Waals surface area contributed by atoms with Crippen molar-refractivity contribution < 1.29 is 19.0 Å². The molecule has 34 heavy (non-hydrogen) atoms. The fraction of sp³-hybridized carbons (Fsp3) is 0.375. The SMILES string of the molecule is COc1cc(=O)n2c(c1C(=O)NCc1nonc1C)CCN(C(=O)Cc1cccc(C)c1)CC2. The number of rotatable bonds is 6. The monoisotopic (exact) mass is 465 g/mol. The molecule has 0 radical (unpaired) electrons. The number of amides is 2. The van der Waals surface area contributed by atoms with E-state index in [1.807, 2.05) is 31.2 Å². The van der Waals surface area contributed by atoms with Crippen LogP contribution in [0.2, 0.25) is 0 Å². The summed E-state index contributed by atoms with van der Waals surface area (Å²) in [7, 11) is 1.42. The molecule has 1 N–H and O–H groups in total. The first-order chi connectivity index (χ1) is 16.4. The number of carbonyl (C=O) groups excluding carboxylic acids is 2. The van der Waals surface area contributed by atoms with E-state index in [4.69, 9.17) is 4.74 Å². The third-order valence-corrected chi connectivity index (χ3v) is 5.99. The highest BCUT2D eigenvalue weighted by molar-refractivity contribution is 5.98. The Bertz CT molecular complexity index is 1280. The van der Waals surface area contributed by atoms with Gasteiger partial charge in [0.25, 0.3) is 11.5 Å². The Balaban J connectivity index is 1.56. The summed E-state index contributed by atoms with van der Waals surface area (Å²) < 4.78 is 11.6. The van der Waals surface area contributed by atoms with E-state index in [9.17, 15) is 14.4 Å². The van der Waals surface area contributed by atoms with Crippen molar-refractivity contribution in [1.82, 2.24) is 25.1 Å². The molecular weight excluding hydrogens is 438 g/mol. The van der Waals surface area contributed by atoms with Gasteiger partial charge in [0.05, 0.1) is 20.1 Å². The number of nitrogens with zero attached hydrogens (tertiary/aromatic N) is 4. The molecule has 0 spiro atoms. The van der Waals surface area contributed by atoms with Gasteiger partial charge in [-0.15, -0.1) is 0 Å². The standard InChI is InChI=1S/C24H27N5O5/c1-15-5-4-6-17(11-15)12-21(30)28-8-7-19-23(20(33-3)13-22(31)29(19)10-9-28)24(32)25-14-18-16(2)26-34-27-18/h4-6,11,13H,7-10,12,14H2,1-3H3,(H,25,32). The lowest BCUT2D eigenvalue weighted by molar-refractivity contribution is -0.130. The Labute approximate surface area is 196 Å². The highest BCUT2D eigenvalue weighted by Crippen LogP contribution is 2.23. The minimum absolute atomic E-state index is 0.0153. The fourth-order valence-corrected chi connectivity index (χ4v) is 4.18. The third kappa shape index (κ3) is 4.85. The summed E-state index contributed by atoms with van der Waals surface area (Å²) in [4.78, 5) is 40.7. The Morgan fingerprint density at radius 1 is 1.15 bits per heavy atom. The molecular formula is C24H27N5O5. The number of aromatic nitrogens is 3. The van der Waals surface area contributed by atoms with Gasteiger partial charge < -0.3 is 19.5 Å². The van der Waals surface area contributed by atoms with Crippen LogP contribution < -0.4 is 15.6 Å². The van der Waals surface area contributed by atoms with E-state index in [0.717, 1.165) is 11.1 Å². The number of aryl methyl sites for hydroxylation is 2. The molecule has 3 aromatic rings. The quantitative estimate of drug-likeness (QED) is 0.585. The molecule has 10 nitrogen and oxygen atoms in total. The number of hydrogen-bond donors (Lipinski definition) is 1. The van der Waals surface area contributed by atoms with Crippen LogP contribution in [0.3, 0.4) is 0 Å². The second-order valence-corrected chi connectivity index (χ2v) is 8.30. The molecule has 2 amide bonds. The number of fused-ring (bicyclic) bond motifs is 1. The zero-order valence-electron chi connectivity index (χ0n) is 19.5. The molecule has 0 fully saturated rings. The highest BCUT2D eigenvalue weighted by atomic mass is 16.6. The van der Waals surface area contributed by atoms with Gasteiger partial charge >= 0.3 is 0 Å². The molecule has 1 aliphatic heterocycles. The maximum Gasteiger partial charge on any atom is 0.257 e.